The molecule has 4 aromatic rings. The molecule has 0 radical (unpaired) electrons. The van der Waals surface area contributed by atoms with E-state index in [9.17, 15) is 0 Å². The van der Waals surface area contributed by atoms with Crippen LogP contribution in [0.1, 0.15) is 0 Å². The van der Waals surface area contributed by atoms with E-state index in [0.717, 1.165) is 27.5 Å². The first-order valence-corrected chi connectivity index (χ1v) is 9.61. The molecule has 0 spiro atoms. The molecule has 3 heterocycles. The topological polar surface area (TPSA) is 56.3 Å². The van der Waals surface area contributed by atoms with Crippen molar-refractivity contribution in [2.75, 3.05) is 18.5 Å². The summed E-state index contributed by atoms with van der Waals surface area (Å²) in [4.78, 5) is 11.0. The summed E-state index contributed by atoms with van der Waals surface area (Å²) in [5.74, 6) is 2.40. The molecule has 1 N–H and O–H groups in total. The second-order valence-corrected chi connectivity index (χ2v) is 7.33. The van der Waals surface area contributed by atoms with Crippen LogP contribution >= 0.6 is 11.3 Å². The Balaban J connectivity index is 1.36. The molecule has 0 bridgehead atoms. The van der Waals surface area contributed by atoms with E-state index in [0.29, 0.717) is 13.2 Å². The summed E-state index contributed by atoms with van der Waals surface area (Å²) in [5.41, 5.74) is 1.19. The standard InChI is InChI=1S/C21H17N3O2S/c1-2-6-14(7-3-1)19-10-16-20(23-13-24-21(16)27-19)22-11-15-12-25-17-8-4-5-9-18(17)26-15/h1-10,13,15H,11-12H2,(H,22,23,24)/t15-/m0/s1. The fraction of sp³-hybridized carbons (Fsp3) is 0.143. The lowest BCUT2D eigenvalue weighted by Crippen LogP contribution is -2.35. The first-order chi connectivity index (χ1) is 13.4. The first-order valence-electron chi connectivity index (χ1n) is 8.79. The smallest absolute Gasteiger partial charge is 0.161 e. The Bertz CT molecular complexity index is 1080. The molecule has 1 atom stereocenters. The molecule has 1 aliphatic heterocycles. The van der Waals surface area contributed by atoms with Gasteiger partial charge in [-0.15, -0.1) is 11.3 Å². The Labute approximate surface area is 160 Å². The van der Waals surface area contributed by atoms with Gasteiger partial charge in [0.1, 0.15) is 29.7 Å². The van der Waals surface area contributed by atoms with Crippen LogP contribution in [0, 0.1) is 0 Å². The van der Waals surface area contributed by atoms with Crippen molar-refractivity contribution in [3.63, 3.8) is 0 Å². The maximum absolute atomic E-state index is 6.01. The van der Waals surface area contributed by atoms with Gasteiger partial charge in [0.05, 0.1) is 11.9 Å². The van der Waals surface area contributed by atoms with Crippen LogP contribution in [0.3, 0.4) is 0 Å². The number of benzene rings is 2. The summed E-state index contributed by atoms with van der Waals surface area (Å²) in [5, 5.41) is 4.43. The van der Waals surface area contributed by atoms with Crippen molar-refractivity contribution in [1.82, 2.24) is 9.97 Å². The molecule has 0 saturated carbocycles. The number of para-hydroxylation sites is 2. The second kappa shape index (κ2) is 6.89. The van der Waals surface area contributed by atoms with Gasteiger partial charge in [0, 0.05) is 4.88 Å². The van der Waals surface area contributed by atoms with Crippen LogP contribution in [0.2, 0.25) is 0 Å². The van der Waals surface area contributed by atoms with Crippen molar-refractivity contribution >= 4 is 27.4 Å². The Kier molecular flexibility index (Phi) is 4.10. The highest BCUT2D eigenvalue weighted by Crippen LogP contribution is 2.35. The number of hydrogen-bond acceptors (Lipinski definition) is 6. The molecule has 5 nitrogen and oxygen atoms in total. The Morgan fingerprint density at radius 3 is 2.70 bits per heavy atom. The Morgan fingerprint density at radius 2 is 1.81 bits per heavy atom. The molecular weight excluding hydrogens is 358 g/mol. The van der Waals surface area contributed by atoms with Crippen LogP contribution in [0.15, 0.2) is 67.0 Å². The second-order valence-electron chi connectivity index (χ2n) is 6.30. The van der Waals surface area contributed by atoms with Crippen LogP contribution in [0.5, 0.6) is 11.5 Å². The molecule has 134 valence electrons. The highest BCUT2D eigenvalue weighted by atomic mass is 32.1. The molecule has 2 aromatic carbocycles. The predicted molar refractivity (Wildman–Crippen MR) is 108 cm³/mol. The number of ether oxygens (including phenoxy) is 2. The van der Waals surface area contributed by atoms with Crippen LogP contribution in [-0.4, -0.2) is 29.2 Å². The van der Waals surface area contributed by atoms with Gasteiger partial charge in [-0.25, -0.2) is 9.97 Å². The summed E-state index contributed by atoms with van der Waals surface area (Å²) >= 11 is 1.67. The van der Waals surface area contributed by atoms with E-state index in [1.165, 1.54) is 10.4 Å². The number of aromatic nitrogens is 2. The van der Waals surface area contributed by atoms with Gasteiger partial charge in [-0.2, -0.15) is 0 Å². The molecule has 2 aromatic heterocycles. The lowest BCUT2D eigenvalue weighted by molar-refractivity contribution is 0.0997. The fourth-order valence-corrected chi connectivity index (χ4v) is 4.12. The van der Waals surface area contributed by atoms with E-state index in [4.69, 9.17) is 9.47 Å². The molecule has 6 heteroatoms. The third-order valence-electron chi connectivity index (χ3n) is 4.45. The lowest BCUT2D eigenvalue weighted by atomic mass is 10.2. The summed E-state index contributed by atoms with van der Waals surface area (Å²) in [6.07, 6.45) is 1.53. The fourth-order valence-electron chi connectivity index (χ4n) is 3.12. The maximum Gasteiger partial charge on any atom is 0.161 e. The van der Waals surface area contributed by atoms with Gasteiger partial charge in [0.2, 0.25) is 0 Å². The number of anilines is 1. The first kappa shape index (κ1) is 16.1. The van der Waals surface area contributed by atoms with Gasteiger partial charge in [-0.05, 0) is 23.8 Å². The molecule has 0 unspecified atom stereocenters. The van der Waals surface area contributed by atoms with Crippen molar-refractivity contribution in [3.05, 3.63) is 67.0 Å². The predicted octanol–water partition coefficient (Wildman–Crippen LogP) is 4.61. The third-order valence-corrected chi connectivity index (χ3v) is 5.54. The highest BCUT2D eigenvalue weighted by molar-refractivity contribution is 7.21. The van der Waals surface area contributed by atoms with Crippen LogP contribution in [0.25, 0.3) is 20.7 Å². The molecule has 0 saturated heterocycles. The highest BCUT2D eigenvalue weighted by Gasteiger charge is 2.21. The molecule has 0 fully saturated rings. The van der Waals surface area contributed by atoms with Crippen LogP contribution in [-0.2, 0) is 0 Å². The van der Waals surface area contributed by atoms with Crippen molar-refractivity contribution in [2.45, 2.75) is 6.10 Å². The number of thiophene rings is 1. The van der Waals surface area contributed by atoms with E-state index >= 15 is 0 Å². The van der Waals surface area contributed by atoms with Crippen molar-refractivity contribution in [1.29, 1.82) is 0 Å². The largest absolute Gasteiger partial charge is 0.486 e. The maximum atomic E-state index is 6.01. The lowest BCUT2D eigenvalue weighted by Gasteiger charge is -2.26. The summed E-state index contributed by atoms with van der Waals surface area (Å²) in [6.45, 7) is 1.12. The van der Waals surface area contributed by atoms with E-state index in [-0.39, 0.29) is 6.10 Å². The molecule has 0 amide bonds. The number of fused-ring (bicyclic) bond motifs is 2. The summed E-state index contributed by atoms with van der Waals surface area (Å²) in [7, 11) is 0. The third kappa shape index (κ3) is 3.19. The van der Waals surface area contributed by atoms with Crippen molar-refractivity contribution in [2.24, 2.45) is 0 Å². The average Bonchev–Trinajstić information content (AvgIpc) is 3.18. The van der Waals surface area contributed by atoms with Gasteiger partial charge in [-0.1, -0.05) is 42.5 Å². The van der Waals surface area contributed by atoms with E-state index in [2.05, 4.69) is 33.5 Å². The summed E-state index contributed by atoms with van der Waals surface area (Å²) < 4.78 is 11.8. The van der Waals surface area contributed by atoms with Gasteiger partial charge >= 0.3 is 0 Å². The minimum atomic E-state index is -0.0721. The molecule has 0 aliphatic carbocycles. The number of hydrogen-bond donors (Lipinski definition) is 1. The van der Waals surface area contributed by atoms with Crippen molar-refractivity contribution in [3.8, 4) is 21.9 Å². The minimum absolute atomic E-state index is 0.0721. The minimum Gasteiger partial charge on any atom is -0.486 e. The van der Waals surface area contributed by atoms with Crippen molar-refractivity contribution < 1.29 is 9.47 Å². The SMILES string of the molecule is c1ccc(-c2cc3c(NC[C@H]4COc5ccccc5O4)ncnc3s2)cc1. The quantitative estimate of drug-likeness (QED) is 0.564. The van der Waals surface area contributed by atoms with Crippen LogP contribution < -0.4 is 14.8 Å². The zero-order chi connectivity index (χ0) is 18.1. The molecule has 5 rings (SSSR count). The molecule has 1 aliphatic rings. The van der Waals surface area contributed by atoms with E-state index in [1.54, 1.807) is 17.7 Å². The van der Waals surface area contributed by atoms with E-state index < -0.39 is 0 Å². The van der Waals surface area contributed by atoms with Gasteiger partial charge in [0.15, 0.2) is 11.5 Å². The van der Waals surface area contributed by atoms with Gasteiger partial charge in [-0.3, -0.25) is 0 Å². The zero-order valence-electron chi connectivity index (χ0n) is 14.5. The normalized spacial score (nSPS) is 15.6. The Hall–Kier alpha value is -3.12. The molecular formula is C21H17N3O2S. The number of rotatable bonds is 4. The zero-order valence-corrected chi connectivity index (χ0v) is 15.3. The van der Waals surface area contributed by atoms with E-state index in [1.807, 2.05) is 42.5 Å². The molecule has 27 heavy (non-hydrogen) atoms. The number of nitrogens with one attached hydrogen (secondary N) is 1. The Morgan fingerprint density at radius 1 is 1.00 bits per heavy atom. The van der Waals surface area contributed by atoms with Crippen LogP contribution in [0.4, 0.5) is 5.82 Å². The number of nitrogens with zero attached hydrogens (tertiary/aromatic N) is 2. The van der Waals surface area contributed by atoms with Gasteiger partial charge in [0.25, 0.3) is 0 Å². The summed E-state index contributed by atoms with van der Waals surface area (Å²) in [6, 6.07) is 20.2. The average molecular weight is 375 g/mol. The monoisotopic (exact) mass is 375 g/mol. The van der Waals surface area contributed by atoms with Gasteiger partial charge < -0.3 is 14.8 Å².